The highest BCUT2D eigenvalue weighted by atomic mass is 16.5. The molecule has 2 unspecified atom stereocenters. The van der Waals surface area contributed by atoms with Crippen molar-refractivity contribution in [2.45, 2.75) is 65.3 Å². The van der Waals surface area contributed by atoms with Gasteiger partial charge in [-0.3, -0.25) is 0 Å². The summed E-state index contributed by atoms with van der Waals surface area (Å²) >= 11 is 0. The topological polar surface area (TPSA) is 29.5 Å². The van der Waals surface area contributed by atoms with E-state index in [1.807, 2.05) is 6.92 Å². The molecule has 0 aromatic carbocycles. The van der Waals surface area contributed by atoms with Crippen LogP contribution in [0.3, 0.4) is 0 Å². The lowest BCUT2D eigenvalue weighted by Crippen LogP contribution is -2.30. The summed E-state index contributed by atoms with van der Waals surface area (Å²) in [7, 11) is 0. The van der Waals surface area contributed by atoms with Crippen molar-refractivity contribution < 1.29 is 9.84 Å². The van der Waals surface area contributed by atoms with E-state index in [-0.39, 0.29) is 17.8 Å². The Morgan fingerprint density at radius 2 is 1.83 bits per heavy atom. The summed E-state index contributed by atoms with van der Waals surface area (Å²) in [6.45, 7) is 10.1. The molecule has 0 aliphatic carbocycles. The lowest BCUT2D eigenvalue weighted by molar-refractivity contribution is -0.0787. The molecule has 12 heavy (non-hydrogen) atoms. The van der Waals surface area contributed by atoms with E-state index in [1.54, 1.807) is 6.92 Å². The van der Waals surface area contributed by atoms with Crippen molar-refractivity contribution in [1.29, 1.82) is 0 Å². The molecule has 0 aromatic rings. The molecule has 0 saturated heterocycles. The van der Waals surface area contributed by atoms with Gasteiger partial charge in [-0.05, 0) is 40.5 Å². The van der Waals surface area contributed by atoms with Crippen molar-refractivity contribution in [3.63, 3.8) is 0 Å². The molecule has 2 heteroatoms. The maximum Gasteiger partial charge on any atom is 0.0627 e. The van der Waals surface area contributed by atoms with Gasteiger partial charge in [0.1, 0.15) is 0 Å². The fourth-order valence-electron chi connectivity index (χ4n) is 1.16. The van der Waals surface area contributed by atoms with E-state index >= 15 is 0 Å². The largest absolute Gasteiger partial charge is 0.393 e. The van der Waals surface area contributed by atoms with E-state index in [9.17, 15) is 0 Å². The summed E-state index contributed by atoms with van der Waals surface area (Å²) < 4.78 is 5.74. The Labute approximate surface area is 75.9 Å². The van der Waals surface area contributed by atoms with Crippen LogP contribution in [0.4, 0.5) is 0 Å². The zero-order valence-corrected chi connectivity index (χ0v) is 8.92. The molecule has 1 N–H and O–H groups in total. The molecule has 0 aliphatic rings. The first-order valence-corrected chi connectivity index (χ1v) is 4.73. The van der Waals surface area contributed by atoms with Crippen molar-refractivity contribution >= 4 is 0 Å². The van der Waals surface area contributed by atoms with Crippen molar-refractivity contribution in [3.05, 3.63) is 0 Å². The first-order valence-electron chi connectivity index (χ1n) is 4.73. The first-order chi connectivity index (χ1) is 5.37. The van der Waals surface area contributed by atoms with Crippen LogP contribution in [-0.2, 0) is 4.74 Å². The maximum atomic E-state index is 9.11. The summed E-state index contributed by atoms with van der Waals surface area (Å²) in [6, 6.07) is 0. The van der Waals surface area contributed by atoms with E-state index in [0.29, 0.717) is 6.42 Å². The molecule has 0 amide bonds. The molecule has 0 rings (SSSR count). The van der Waals surface area contributed by atoms with Crippen LogP contribution < -0.4 is 0 Å². The number of hydrogen-bond donors (Lipinski definition) is 1. The van der Waals surface area contributed by atoms with Gasteiger partial charge in [0.25, 0.3) is 0 Å². The first kappa shape index (κ1) is 11.9. The Morgan fingerprint density at radius 3 is 2.17 bits per heavy atom. The normalized spacial score (nSPS) is 17.5. The smallest absolute Gasteiger partial charge is 0.0627 e. The van der Waals surface area contributed by atoms with Crippen LogP contribution in [0, 0.1) is 0 Å². The van der Waals surface area contributed by atoms with Crippen molar-refractivity contribution in [1.82, 2.24) is 0 Å². The van der Waals surface area contributed by atoms with Crippen LogP contribution in [0.5, 0.6) is 0 Å². The zero-order valence-electron chi connectivity index (χ0n) is 8.92. The zero-order chi connectivity index (χ0) is 9.78. The van der Waals surface area contributed by atoms with Crippen LogP contribution in [0.1, 0.15) is 47.5 Å². The third-order valence-corrected chi connectivity index (χ3v) is 2.04. The second kappa shape index (κ2) is 4.83. The minimum absolute atomic E-state index is 0.0612. The van der Waals surface area contributed by atoms with E-state index < -0.39 is 0 Å². The predicted octanol–water partition coefficient (Wildman–Crippen LogP) is 2.35. The number of aliphatic hydroxyl groups is 1. The molecule has 0 bridgehead atoms. The third-order valence-electron chi connectivity index (χ3n) is 2.04. The summed E-state index contributed by atoms with van der Waals surface area (Å²) in [5.74, 6) is 0. The van der Waals surface area contributed by atoms with Gasteiger partial charge < -0.3 is 9.84 Å². The van der Waals surface area contributed by atoms with Gasteiger partial charge in [0.2, 0.25) is 0 Å². The molecular formula is C10H22O2. The highest BCUT2D eigenvalue weighted by Gasteiger charge is 2.19. The van der Waals surface area contributed by atoms with E-state index in [0.717, 1.165) is 6.42 Å². The Hall–Kier alpha value is -0.0800. The summed E-state index contributed by atoms with van der Waals surface area (Å²) in [4.78, 5) is 0. The van der Waals surface area contributed by atoms with Gasteiger partial charge >= 0.3 is 0 Å². The van der Waals surface area contributed by atoms with Gasteiger partial charge in [0, 0.05) is 0 Å². The number of ether oxygens (including phenoxy) is 1. The van der Waals surface area contributed by atoms with E-state index in [1.165, 1.54) is 0 Å². The highest BCUT2D eigenvalue weighted by molar-refractivity contribution is 4.68. The molecule has 74 valence electrons. The fourth-order valence-corrected chi connectivity index (χ4v) is 1.16. The number of aliphatic hydroxyl groups excluding tert-OH is 1. The minimum atomic E-state index is -0.271. The van der Waals surface area contributed by atoms with E-state index in [4.69, 9.17) is 9.84 Å². The Morgan fingerprint density at radius 1 is 1.33 bits per heavy atom. The second-order valence-corrected chi connectivity index (χ2v) is 4.13. The van der Waals surface area contributed by atoms with Crippen LogP contribution in [0.15, 0.2) is 0 Å². The monoisotopic (exact) mass is 174 g/mol. The molecule has 0 aliphatic heterocycles. The summed E-state index contributed by atoms with van der Waals surface area (Å²) in [5, 5.41) is 9.11. The SMILES string of the molecule is CCC(C)(C)OC(C)CC(C)O. The Kier molecular flexibility index (Phi) is 4.80. The third kappa shape index (κ3) is 5.56. The molecule has 2 atom stereocenters. The average molecular weight is 174 g/mol. The number of rotatable bonds is 5. The van der Waals surface area contributed by atoms with Crippen LogP contribution in [0.25, 0.3) is 0 Å². The summed E-state index contributed by atoms with van der Waals surface area (Å²) in [5.41, 5.74) is -0.0612. The van der Waals surface area contributed by atoms with Gasteiger partial charge in [0.05, 0.1) is 17.8 Å². The van der Waals surface area contributed by atoms with Gasteiger partial charge in [-0.25, -0.2) is 0 Å². The highest BCUT2D eigenvalue weighted by Crippen LogP contribution is 2.18. The Balaban J connectivity index is 3.75. The fraction of sp³-hybridized carbons (Fsp3) is 1.00. The quantitative estimate of drug-likeness (QED) is 0.693. The Bertz CT molecular complexity index is 119. The lowest BCUT2D eigenvalue weighted by atomic mass is 10.1. The average Bonchev–Trinajstić information content (AvgIpc) is 1.84. The molecule has 0 radical (unpaired) electrons. The molecule has 2 nitrogen and oxygen atoms in total. The van der Waals surface area contributed by atoms with Crippen LogP contribution in [-0.4, -0.2) is 22.9 Å². The van der Waals surface area contributed by atoms with E-state index in [2.05, 4.69) is 20.8 Å². The van der Waals surface area contributed by atoms with Gasteiger partial charge in [-0.15, -0.1) is 0 Å². The van der Waals surface area contributed by atoms with Gasteiger partial charge in [-0.2, -0.15) is 0 Å². The minimum Gasteiger partial charge on any atom is -0.393 e. The van der Waals surface area contributed by atoms with Crippen molar-refractivity contribution in [2.75, 3.05) is 0 Å². The standard InChI is InChI=1S/C10H22O2/c1-6-10(4,5)12-9(3)7-8(2)11/h8-9,11H,6-7H2,1-5H3. The molecule has 0 aromatic heterocycles. The van der Waals surface area contributed by atoms with Crippen LogP contribution in [0.2, 0.25) is 0 Å². The second-order valence-electron chi connectivity index (χ2n) is 4.13. The summed E-state index contributed by atoms with van der Waals surface area (Å²) in [6.07, 6.45) is 1.58. The predicted molar refractivity (Wildman–Crippen MR) is 51.2 cm³/mol. The number of hydrogen-bond acceptors (Lipinski definition) is 2. The lowest BCUT2D eigenvalue weighted by Gasteiger charge is -2.28. The van der Waals surface area contributed by atoms with Crippen molar-refractivity contribution in [2.24, 2.45) is 0 Å². The molecule has 0 heterocycles. The molecule has 0 fully saturated rings. The van der Waals surface area contributed by atoms with Crippen molar-refractivity contribution in [3.8, 4) is 0 Å². The molecule has 0 saturated carbocycles. The molecular weight excluding hydrogens is 152 g/mol. The van der Waals surface area contributed by atoms with Gasteiger partial charge in [-0.1, -0.05) is 6.92 Å². The van der Waals surface area contributed by atoms with Crippen LogP contribution >= 0.6 is 0 Å². The van der Waals surface area contributed by atoms with Gasteiger partial charge in [0.15, 0.2) is 0 Å². The molecule has 0 spiro atoms. The maximum absolute atomic E-state index is 9.11.